The molecule has 0 bridgehead atoms. The van der Waals surface area contributed by atoms with Crippen molar-refractivity contribution in [2.45, 2.75) is 64.0 Å². The predicted octanol–water partition coefficient (Wildman–Crippen LogP) is 2.46. The molecule has 20 heavy (non-hydrogen) atoms. The highest BCUT2D eigenvalue weighted by Gasteiger charge is 2.29. The van der Waals surface area contributed by atoms with Gasteiger partial charge in [0.25, 0.3) is 0 Å². The van der Waals surface area contributed by atoms with Crippen molar-refractivity contribution in [1.29, 1.82) is 0 Å². The maximum absolute atomic E-state index is 10.7. The number of nitrogens with one attached hydrogen (secondary N) is 1. The smallest absolute Gasteiger partial charge is 0.0850 e. The van der Waals surface area contributed by atoms with Crippen molar-refractivity contribution in [3.05, 3.63) is 16.4 Å². The minimum Gasteiger partial charge on any atom is -0.390 e. The molecule has 114 valence electrons. The van der Waals surface area contributed by atoms with Crippen LogP contribution < -0.4 is 5.32 Å². The monoisotopic (exact) mass is 299 g/mol. The van der Waals surface area contributed by atoms with Crippen molar-refractivity contribution in [1.82, 2.24) is 15.1 Å². The summed E-state index contributed by atoms with van der Waals surface area (Å²) in [6.07, 6.45) is 5.77. The Labute approximate surface area is 126 Å². The Bertz CT molecular complexity index is 450. The zero-order chi connectivity index (χ0) is 14.8. The van der Waals surface area contributed by atoms with E-state index in [4.69, 9.17) is 11.6 Å². The maximum atomic E-state index is 10.7. The van der Waals surface area contributed by atoms with E-state index in [-0.39, 0.29) is 0 Å². The van der Waals surface area contributed by atoms with Gasteiger partial charge in [0.05, 0.1) is 22.0 Å². The molecule has 1 saturated heterocycles. The minimum absolute atomic E-state index is 0.413. The predicted molar refractivity (Wildman–Crippen MR) is 82.2 cm³/mol. The van der Waals surface area contributed by atoms with Crippen molar-refractivity contribution >= 4 is 11.6 Å². The van der Waals surface area contributed by atoms with Crippen LogP contribution in [0.4, 0.5) is 0 Å². The molecule has 0 spiro atoms. The lowest BCUT2D eigenvalue weighted by atomic mass is 9.88. The molecular weight excluding hydrogens is 274 g/mol. The van der Waals surface area contributed by atoms with Crippen LogP contribution in [0.25, 0.3) is 0 Å². The van der Waals surface area contributed by atoms with Gasteiger partial charge in [-0.05, 0) is 39.2 Å². The normalized spacial score (nSPS) is 22.8. The fraction of sp³-hybridized carbons (Fsp3) is 0.800. The molecule has 1 aliphatic heterocycles. The summed E-state index contributed by atoms with van der Waals surface area (Å²) in [5, 5.41) is 19.3. The Morgan fingerprint density at radius 1 is 1.50 bits per heavy atom. The first-order chi connectivity index (χ1) is 9.43. The van der Waals surface area contributed by atoms with Crippen molar-refractivity contribution in [2.24, 2.45) is 7.05 Å². The van der Waals surface area contributed by atoms with E-state index in [2.05, 4.69) is 10.4 Å². The number of aryl methyl sites for hydroxylation is 2. The van der Waals surface area contributed by atoms with Gasteiger partial charge in [-0.1, -0.05) is 24.9 Å². The highest BCUT2D eigenvalue weighted by Crippen LogP contribution is 2.28. The van der Waals surface area contributed by atoms with Gasteiger partial charge in [0, 0.05) is 19.5 Å². The van der Waals surface area contributed by atoms with E-state index in [0.717, 1.165) is 37.2 Å². The molecule has 2 heterocycles. The Morgan fingerprint density at radius 3 is 2.80 bits per heavy atom. The average molecular weight is 300 g/mol. The van der Waals surface area contributed by atoms with Crippen LogP contribution in [0.2, 0.25) is 5.02 Å². The zero-order valence-electron chi connectivity index (χ0n) is 12.7. The molecule has 1 fully saturated rings. The summed E-state index contributed by atoms with van der Waals surface area (Å²) in [6.45, 7) is 5.01. The fourth-order valence-corrected chi connectivity index (χ4v) is 3.43. The number of halogens is 1. The van der Waals surface area contributed by atoms with E-state index in [1.807, 2.05) is 25.6 Å². The van der Waals surface area contributed by atoms with Gasteiger partial charge in [-0.3, -0.25) is 4.68 Å². The van der Waals surface area contributed by atoms with E-state index in [1.54, 1.807) is 0 Å². The number of rotatable bonds is 5. The summed E-state index contributed by atoms with van der Waals surface area (Å²) < 4.78 is 1.81. The van der Waals surface area contributed by atoms with Gasteiger partial charge in [-0.25, -0.2) is 0 Å². The van der Waals surface area contributed by atoms with Gasteiger partial charge < -0.3 is 10.4 Å². The Kier molecular flexibility index (Phi) is 5.10. The van der Waals surface area contributed by atoms with Crippen LogP contribution in [-0.4, -0.2) is 33.1 Å². The molecule has 0 saturated carbocycles. The molecular formula is C15H26ClN3O. The van der Waals surface area contributed by atoms with Crippen LogP contribution in [0.1, 0.15) is 50.9 Å². The van der Waals surface area contributed by atoms with Gasteiger partial charge in [-0.15, -0.1) is 0 Å². The van der Waals surface area contributed by atoms with Crippen LogP contribution >= 0.6 is 11.6 Å². The Balaban J connectivity index is 2.05. The first-order valence-electron chi connectivity index (χ1n) is 7.59. The molecule has 1 aliphatic rings. The third-order valence-electron chi connectivity index (χ3n) is 4.15. The number of piperidine rings is 1. The van der Waals surface area contributed by atoms with Crippen molar-refractivity contribution in [3.63, 3.8) is 0 Å². The highest BCUT2D eigenvalue weighted by molar-refractivity contribution is 6.31. The molecule has 2 N–H and O–H groups in total. The molecule has 2 rings (SSSR count). The van der Waals surface area contributed by atoms with Crippen LogP contribution in [-0.2, 0) is 19.9 Å². The quantitative estimate of drug-likeness (QED) is 0.878. The second-order valence-electron chi connectivity index (χ2n) is 6.21. The number of hydrogen-bond donors (Lipinski definition) is 2. The molecule has 0 aromatic carbocycles. The van der Waals surface area contributed by atoms with Crippen LogP contribution in [0.3, 0.4) is 0 Å². The van der Waals surface area contributed by atoms with Crippen LogP contribution in [0.15, 0.2) is 0 Å². The molecule has 4 nitrogen and oxygen atoms in total. The molecule has 0 aliphatic carbocycles. The molecule has 0 radical (unpaired) electrons. The second-order valence-corrected chi connectivity index (χ2v) is 6.59. The van der Waals surface area contributed by atoms with E-state index in [1.165, 1.54) is 12.8 Å². The SMILES string of the molecule is CCc1nn(C)c(CC(C)(O)CC2CCCCN2)c1Cl. The van der Waals surface area contributed by atoms with Crippen molar-refractivity contribution < 1.29 is 5.11 Å². The molecule has 2 atom stereocenters. The van der Waals surface area contributed by atoms with Gasteiger partial charge in [0.2, 0.25) is 0 Å². The summed E-state index contributed by atoms with van der Waals surface area (Å²) in [4.78, 5) is 0. The third kappa shape index (κ3) is 3.74. The van der Waals surface area contributed by atoms with Crippen molar-refractivity contribution in [2.75, 3.05) is 6.54 Å². The molecule has 0 amide bonds. The number of aliphatic hydroxyl groups is 1. The zero-order valence-corrected chi connectivity index (χ0v) is 13.5. The summed E-state index contributed by atoms with van der Waals surface area (Å²) in [7, 11) is 1.90. The average Bonchev–Trinajstić information content (AvgIpc) is 2.66. The maximum Gasteiger partial charge on any atom is 0.0850 e. The van der Waals surface area contributed by atoms with Gasteiger partial charge >= 0.3 is 0 Å². The first kappa shape index (κ1) is 15.8. The number of nitrogens with zero attached hydrogens (tertiary/aromatic N) is 2. The minimum atomic E-state index is -0.753. The van der Waals surface area contributed by atoms with Crippen LogP contribution in [0.5, 0.6) is 0 Å². The third-order valence-corrected chi connectivity index (χ3v) is 4.59. The fourth-order valence-electron chi connectivity index (χ4n) is 3.07. The van der Waals surface area contributed by atoms with Gasteiger partial charge in [0.1, 0.15) is 0 Å². The van der Waals surface area contributed by atoms with Gasteiger partial charge in [-0.2, -0.15) is 5.10 Å². The topological polar surface area (TPSA) is 50.1 Å². The Hall–Kier alpha value is -0.580. The summed E-state index contributed by atoms with van der Waals surface area (Å²) >= 11 is 6.37. The van der Waals surface area contributed by atoms with Crippen LogP contribution in [0, 0.1) is 0 Å². The lowest BCUT2D eigenvalue weighted by Crippen LogP contribution is -2.42. The Morgan fingerprint density at radius 2 is 2.25 bits per heavy atom. The highest BCUT2D eigenvalue weighted by atomic mass is 35.5. The summed E-state index contributed by atoms with van der Waals surface area (Å²) in [5.41, 5.74) is 1.09. The molecule has 1 aromatic rings. The standard InChI is InChI=1S/C15H26ClN3O/c1-4-12-14(16)13(19(3)18-12)10-15(2,20)9-11-7-5-6-8-17-11/h11,17,20H,4-10H2,1-3H3. The van der Waals surface area contributed by atoms with E-state index >= 15 is 0 Å². The number of hydrogen-bond acceptors (Lipinski definition) is 3. The molecule has 5 heteroatoms. The lowest BCUT2D eigenvalue weighted by molar-refractivity contribution is 0.0354. The largest absolute Gasteiger partial charge is 0.390 e. The molecule has 2 unspecified atom stereocenters. The van der Waals surface area contributed by atoms with E-state index < -0.39 is 5.60 Å². The number of aromatic nitrogens is 2. The summed E-state index contributed by atoms with van der Waals surface area (Å²) in [6, 6.07) is 0.413. The summed E-state index contributed by atoms with van der Waals surface area (Å²) in [5.74, 6) is 0. The van der Waals surface area contributed by atoms with E-state index in [0.29, 0.717) is 17.5 Å². The molecule has 1 aromatic heterocycles. The lowest BCUT2D eigenvalue weighted by Gasteiger charge is -2.31. The van der Waals surface area contributed by atoms with Gasteiger partial charge in [0.15, 0.2) is 0 Å². The second kappa shape index (κ2) is 6.46. The first-order valence-corrected chi connectivity index (χ1v) is 7.97. The van der Waals surface area contributed by atoms with E-state index in [9.17, 15) is 5.11 Å². The van der Waals surface area contributed by atoms with Crippen molar-refractivity contribution in [3.8, 4) is 0 Å².